The monoisotopic (exact) mass is 381 g/mol. The number of carbonyl (C=O) groups is 2. The van der Waals surface area contributed by atoms with Gasteiger partial charge in [0.25, 0.3) is 5.91 Å². The Morgan fingerprint density at radius 1 is 1.19 bits per heavy atom. The molecule has 1 aromatic carbocycles. The quantitative estimate of drug-likeness (QED) is 0.848. The number of nitrogens with one attached hydrogen (secondary N) is 1. The lowest BCUT2D eigenvalue weighted by Crippen LogP contribution is -2.53. The molecule has 1 aliphatic heterocycles. The molecule has 1 saturated heterocycles. The van der Waals surface area contributed by atoms with Crippen LogP contribution in [0.3, 0.4) is 0 Å². The van der Waals surface area contributed by atoms with Crippen molar-refractivity contribution >= 4 is 23.4 Å². The van der Waals surface area contributed by atoms with Gasteiger partial charge in [0.15, 0.2) is 6.61 Å². The number of rotatable bonds is 5. The molecule has 1 fully saturated rings. The third-order valence-corrected chi connectivity index (χ3v) is 4.33. The standard InChI is InChI=1S/C19H28ClN3O3/c1-14-11-15(20)5-6-16(14)26-13-18(25)23-9-7-22(8-10-23)12-17(24)21-19(2,3)4/h5-6,11H,7-10,12-13H2,1-4H3,(H,21,24). The molecule has 1 heterocycles. The number of benzene rings is 1. The predicted octanol–water partition coefficient (Wildman–Crippen LogP) is 2.09. The summed E-state index contributed by atoms with van der Waals surface area (Å²) in [5.74, 6) is 0.636. The van der Waals surface area contributed by atoms with Crippen molar-refractivity contribution in [2.24, 2.45) is 0 Å². The first kappa shape index (κ1) is 20.5. The van der Waals surface area contributed by atoms with Crippen molar-refractivity contribution in [2.75, 3.05) is 39.3 Å². The van der Waals surface area contributed by atoms with Gasteiger partial charge >= 0.3 is 0 Å². The summed E-state index contributed by atoms with van der Waals surface area (Å²) in [6, 6.07) is 5.33. The lowest BCUT2D eigenvalue weighted by Gasteiger charge is -2.34. The smallest absolute Gasteiger partial charge is 0.260 e. The number of nitrogens with zero attached hydrogens (tertiary/aromatic N) is 2. The van der Waals surface area contributed by atoms with E-state index >= 15 is 0 Å². The van der Waals surface area contributed by atoms with E-state index in [2.05, 4.69) is 10.2 Å². The first-order chi connectivity index (χ1) is 12.1. The maximum absolute atomic E-state index is 12.3. The molecule has 0 saturated carbocycles. The van der Waals surface area contributed by atoms with E-state index < -0.39 is 0 Å². The van der Waals surface area contributed by atoms with Crippen molar-refractivity contribution in [1.82, 2.24) is 15.1 Å². The van der Waals surface area contributed by atoms with Crippen molar-refractivity contribution in [3.8, 4) is 5.75 Å². The second-order valence-corrected chi connectivity index (χ2v) is 8.09. The number of piperazine rings is 1. The van der Waals surface area contributed by atoms with Gasteiger partial charge in [-0.3, -0.25) is 14.5 Å². The zero-order chi connectivity index (χ0) is 19.3. The summed E-state index contributed by atoms with van der Waals surface area (Å²) in [6.45, 7) is 10.7. The van der Waals surface area contributed by atoms with E-state index in [9.17, 15) is 9.59 Å². The molecule has 0 radical (unpaired) electrons. The number of halogens is 1. The van der Waals surface area contributed by atoms with Gasteiger partial charge in [0.2, 0.25) is 5.91 Å². The van der Waals surface area contributed by atoms with Crippen LogP contribution in [0.1, 0.15) is 26.3 Å². The normalized spacial score (nSPS) is 15.7. The Bertz CT molecular complexity index is 650. The second kappa shape index (κ2) is 8.73. The maximum atomic E-state index is 12.3. The molecule has 0 aliphatic carbocycles. The minimum absolute atomic E-state index is 0.00693. The van der Waals surface area contributed by atoms with Gasteiger partial charge in [0, 0.05) is 36.7 Å². The fourth-order valence-electron chi connectivity index (χ4n) is 2.82. The number of aryl methyl sites for hydroxylation is 1. The highest BCUT2D eigenvalue weighted by atomic mass is 35.5. The molecule has 0 aromatic heterocycles. The topological polar surface area (TPSA) is 61.9 Å². The maximum Gasteiger partial charge on any atom is 0.260 e. The number of ether oxygens (including phenoxy) is 1. The third kappa shape index (κ3) is 6.50. The predicted molar refractivity (Wildman–Crippen MR) is 103 cm³/mol. The van der Waals surface area contributed by atoms with Crippen LogP contribution in [0.2, 0.25) is 5.02 Å². The highest BCUT2D eigenvalue weighted by molar-refractivity contribution is 6.30. The summed E-state index contributed by atoms with van der Waals surface area (Å²) in [5.41, 5.74) is 0.673. The van der Waals surface area contributed by atoms with Crippen LogP contribution in [-0.4, -0.2) is 66.5 Å². The minimum Gasteiger partial charge on any atom is -0.483 e. The molecule has 2 amide bonds. The zero-order valence-corrected chi connectivity index (χ0v) is 16.7. The molecule has 0 unspecified atom stereocenters. The number of carbonyl (C=O) groups excluding carboxylic acids is 2. The molecule has 1 aliphatic rings. The Kier molecular flexibility index (Phi) is 6.89. The summed E-state index contributed by atoms with van der Waals surface area (Å²) in [7, 11) is 0. The summed E-state index contributed by atoms with van der Waals surface area (Å²) in [5, 5.41) is 3.60. The lowest BCUT2D eigenvalue weighted by molar-refractivity contribution is -0.135. The average Bonchev–Trinajstić information content (AvgIpc) is 2.52. The van der Waals surface area contributed by atoms with Crippen LogP contribution in [0.25, 0.3) is 0 Å². The second-order valence-electron chi connectivity index (χ2n) is 7.65. The highest BCUT2D eigenvalue weighted by Gasteiger charge is 2.24. The van der Waals surface area contributed by atoms with E-state index in [4.69, 9.17) is 16.3 Å². The van der Waals surface area contributed by atoms with Crippen molar-refractivity contribution in [3.05, 3.63) is 28.8 Å². The third-order valence-electron chi connectivity index (χ3n) is 4.09. The van der Waals surface area contributed by atoms with Crippen LogP contribution >= 0.6 is 11.6 Å². The van der Waals surface area contributed by atoms with E-state index in [-0.39, 0.29) is 24.0 Å². The van der Waals surface area contributed by atoms with Crippen molar-refractivity contribution in [3.63, 3.8) is 0 Å². The molecule has 0 spiro atoms. The van der Waals surface area contributed by atoms with E-state index in [1.165, 1.54) is 0 Å². The highest BCUT2D eigenvalue weighted by Crippen LogP contribution is 2.21. The number of hydrogen-bond acceptors (Lipinski definition) is 4. The lowest BCUT2D eigenvalue weighted by atomic mass is 10.1. The minimum atomic E-state index is -0.230. The van der Waals surface area contributed by atoms with Gasteiger partial charge in [-0.1, -0.05) is 11.6 Å². The van der Waals surface area contributed by atoms with Crippen LogP contribution in [0.4, 0.5) is 0 Å². The van der Waals surface area contributed by atoms with E-state index in [0.29, 0.717) is 43.5 Å². The Hall–Kier alpha value is -1.79. The summed E-state index contributed by atoms with van der Waals surface area (Å²) < 4.78 is 5.63. The van der Waals surface area contributed by atoms with Crippen LogP contribution in [0.5, 0.6) is 5.75 Å². The molecule has 144 valence electrons. The molecule has 26 heavy (non-hydrogen) atoms. The van der Waals surface area contributed by atoms with Crippen molar-refractivity contribution in [1.29, 1.82) is 0 Å². The summed E-state index contributed by atoms with van der Waals surface area (Å²) >= 11 is 5.92. The Labute approximate surface area is 160 Å². The summed E-state index contributed by atoms with van der Waals surface area (Å²) in [6.07, 6.45) is 0. The van der Waals surface area contributed by atoms with Gasteiger partial charge in [-0.05, 0) is 51.5 Å². The first-order valence-corrected chi connectivity index (χ1v) is 9.22. The number of hydrogen-bond donors (Lipinski definition) is 1. The molecule has 1 aromatic rings. The Balaban J connectivity index is 1.75. The molecule has 2 rings (SSSR count). The summed E-state index contributed by atoms with van der Waals surface area (Å²) in [4.78, 5) is 28.2. The largest absolute Gasteiger partial charge is 0.483 e. The molecule has 6 nitrogen and oxygen atoms in total. The fraction of sp³-hybridized carbons (Fsp3) is 0.579. The van der Waals surface area contributed by atoms with Crippen molar-refractivity contribution in [2.45, 2.75) is 33.2 Å². The van der Waals surface area contributed by atoms with Crippen LogP contribution in [0, 0.1) is 6.92 Å². The average molecular weight is 382 g/mol. The molecular weight excluding hydrogens is 354 g/mol. The van der Waals surface area contributed by atoms with Gasteiger partial charge in [-0.25, -0.2) is 0 Å². The van der Waals surface area contributed by atoms with Crippen molar-refractivity contribution < 1.29 is 14.3 Å². The molecular formula is C19H28ClN3O3. The molecule has 0 atom stereocenters. The van der Waals surface area contributed by atoms with E-state index in [0.717, 1.165) is 5.56 Å². The van der Waals surface area contributed by atoms with Crippen LogP contribution < -0.4 is 10.1 Å². The zero-order valence-electron chi connectivity index (χ0n) is 16.0. The SMILES string of the molecule is Cc1cc(Cl)ccc1OCC(=O)N1CCN(CC(=O)NC(C)(C)C)CC1. The van der Waals surface area contributed by atoms with E-state index in [1.54, 1.807) is 17.0 Å². The van der Waals surface area contributed by atoms with Crippen LogP contribution in [0.15, 0.2) is 18.2 Å². The van der Waals surface area contributed by atoms with Gasteiger partial charge in [0.05, 0.1) is 6.54 Å². The van der Waals surface area contributed by atoms with Gasteiger partial charge in [-0.15, -0.1) is 0 Å². The molecule has 1 N–H and O–H groups in total. The van der Waals surface area contributed by atoms with E-state index in [1.807, 2.05) is 33.8 Å². The van der Waals surface area contributed by atoms with Gasteiger partial charge in [-0.2, -0.15) is 0 Å². The Morgan fingerprint density at radius 3 is 2.42 bits per heavy atom. The fourth-order valence-corrected chi connectivity index (χ4v) is 3.05. The molecule has 0 bridgehead atoms. The molecule has 7 heteroatoms. The first-order valence-electron chi connectivity index (χ1n) is 8.84. The Morgan fingerprint density at radius 2 is 1.85 bits per heavy atom. The van der Waals surface area contributed by atoms with Crippen LogP contribution in [-0.2, 0) is 9.59 Å². The van der Waals surface area contributed by atoms with Gasteiger partial charge in [0.1, 0.15) is 5.75 Å². The number of amides is 2. The van der Waals surface area contributed by atoms with Gasteiger partial charge < -0.3 is 15.0 Å².